The Hall–Kier alpha value is -4.04. The highest BCUT2D eigenvalue weighted by Gasteiger charge is 2.13. The molecule has 4 rings (SSSR count). The molecule has 0 saturated carbocycles. The first kappa shape index (κ1) is 39.7. The van der Waals surface area contributed by atoms with E-state index in [0.29, 0.717) is 0 Å². The maximum absolute atomic E-state index is 6.64. The zero-order chi connectivity index (χ0) is 35.9. The first-order valence-electron chi connectivity index (χ1n) is 20.2. The van der Waals surface area contributed by atoms with Gasteiger partial charge in [0.05, 0.1) is 0 Å². The molecular formula is C49H64O2. The van der Waals surface area contributed by atoms with Crippen molar-refractivity contribution < 1.29 is 9.47 Å². The third-order valence-electron chi connectivity index (χ3n) is 9.73. The summed E-state index contributed by atoms with van der Waals surface area (Å²) in [5.74, 6) is 3.77. The number of unbranched alkanes of at least 4 members (excludes halogenated alkanes) is 12. The summed E-state index contributed by atoms with van der Waals surface area (Å²) in [6.45, 7) is 8.68. The van der Waals surface area contributed by atoms with Crippen LogP contribution in [0, 0.1) is 0 Å². The van der Waals surface area contributed by atoms with Crippen LogP contribution in [0.5, 0.6) is 23.0 Å². The van der Waals surface area contributed by atoms with E-state index >= 15 is 0 Å². The molecule has 51 heavy (non-hydrogen) atoms. The Morgan fingerprint density at radius 2 is 0.824 bits per heavy atom. The van der Waals surface area contributed by atoms with Crippen LogP contribution in [-0.4, -0.2) is 0 Å². The molecule has 2 heteroatoms. The van der Waals surface area contributed by atoms with Gasteiger partial charge in [-0.15, -0.1) is 0 Å². The van der Waals surface area contributed by atoms with Crippen LogP contribution in [-0.2, 0) is 19.3 Å². The van der Waals surface area contributed by atoms with Gasteiger partial charge in [-0.05, 0) is 92.5 Å². The fourth-order valence-electron chi connectivity index (χ4n) is 6.87. The van der Waals surface area contributed by atoms with Gasteiger partial charge in [0, 0.05) is 11.1 Å². The summed E-state index contributed by atoms with van der Waals surface area (Å²) in [6, 6.07) is 30.4. The summed E-state index contributed by atoms with van der Waals surface area (Å²) in [6.07, 6.45) is 29.6. The zero-order valence-corrected chi connectivity index (χ0v) is 32.2. The second kappa shape index (κ2) is 23.4. The first-order valence-corrected chi connectivity index (χ1v) is 20.2. The van der Waals surface area contributed by atoms with Gasteiger partial charge >= 0.3 is 0 Å². The SMILES string of the molecule is CC=Cc1ccccc1Oc1ccc(Cc2ccc(Oc3ccccc3C=CC)c(CCCCCCCCC)c2)cc1CCCCCCCCC. The van der Waals surface area contributed by atoms with Gasteiger partial charge in [0.1, 0.15) is 23.0 Å². The van der Waals surface area contributed by atoms with Crippen molar-refractivity contribution in [3.8, 4) is 23.0 Å². The van der Waals surface area contributed by atoms with Crippen LogP contribution in [0.2, 0.25) is 0 Å². The van der Waals surface area contributed by atoms with Crippen LogP contribution in [0.4, 0.5) is 0 Å². The number of hydrogen-bond acceptors (Lipinski definition) is 2. The Kier molecular flexibility index (Phi) is 18.3. The highest BCUT2D eigenvalue weighted by molar-refractivity contribution is 5.59. The molecule has 272 valence electrons. The summed E-state index contributed by atoms with van der Waals surface area (Å²) < 4.78 is 13.3. The number of ether oxygens (including phenoxy) is 2. The van der Waals surface area contributed by atoms with E-state index in [4.69, 9.17) is 9.47 Å². The lowest BCUT2D eigenvalue weighted by Gasteiger charge is -2.16. The lowest BCUT2D eigenvalue weighted by atomic mass is 9.96. The second-order valence-corrected chi connectivity index (χ2v) is 14.1. The van der Waals surface area contributed by atoms with E-state index < -0.39 is 0 Å². The minimum atomic E-state index is 0.888. The average molecular weight is 685 g/mol. The molecule has 2 nitrogen and oxygen atoms in total. The summed E-state index contributed by atoms with van der Waals surface area (Å²) in [5, 5.41) is 0. The van der Waals surface area contributed by atoms with Gasteiger partial charge in [-0.3, -0.25) is 0 Å². The quantitative estimate of drug-likeness (QED) is 0.0684. The smallest absolute Gasteiger partial charge is 0.134 e. The summed E-state index contributed by atoms with van der Waals surface area (Å²) in [4.78, 5) is 0. The fourth-order valence-corrected chi connectivity index (χ4v) is 6.87. The Labute approximate surface area is 311 Å². The van der Waals surface area contributed by atoms with E-state index in [-0.39, 0.29) is 0 Å². The maximum atomic E-state index is 6.64. The molecule has 0 heterocycles. The monoisotopic (exact) mass is 684 g/mol. The van der Waals surface area contributed by atoms with Gasteiger partial charge < -0.3 is 9.47 Å². The molecule has 0 aromatic heterocycles. The highest BCUT2D eigenvalue weighted by Crippen LogP contribution is 2.34. The van der Waals surface area contributed by atoms with Crippen molar-refractivity contribution >= 4 is 12.2 Å². The van der Waals surface area contributed by atoms with Crippen LogP contribution < -0.4 is 9.47 Å². The van der Waals surface area contributed by atoms with E-state index in [0.717, 1.165) is 53.4 Å². The van der Waals surface area contributed by atoms with E-state index in [1.165, 1.54) is 112 Å². The molecule has 0 amide bonds. The Morgan fingerprint density at radius 3 is 1.24 bits per heavy atom. The summed E-state index contributed by atoms with van der Waals surface area (Å²) in [5.41, 5.74) is 7.48. The molecule has 0 fully saturated rings. The number of benzene rings is 4. The Bertz CT molecular complexity index is 1510. The number of para-hydroxylation sites is 2. The Balaban J connectivity index is 1.55. The van der Waals surface area contributed by atoms with Crippen LogP contribution in [0.25, 0.3) is 12.2 Å². The van der Waals surface area contributed by atoms with Gasteiger partial charge in [0.15, 0.2) is 0 Å². The predicted molar refractivity (Wildman–Crippen MR) is 222 cm³/mol. The molecule has 0 aliphatic carbocycles. The maximum Gasteiger partial charge on any atom is 0.134 e. The van der Waals surface area contributed by atoms with E-state index in [1.54, 1.807) is 0 Å². The molecule has 4 aromatic carbocycles. The van der Waals surface area contributed by atoms with Gasteiger partial charge in [-0.1, -0.05) is 176 Å². The van der Waals surface area contributed by atoms with Gasteiger partial charge in [0.25, 0.3) is 0 Å². The lowest BCUT2D eigenvalue weighted by molar-refractivity contribution is 0.472. The number of hydrogen-bond donors (Lipinski definition) is 0. The molecule has 4 aromatic rings. The summed E-state index contributed by atoms with van der Waals surface area (Å²) >= 11 is 0. The minimum Gasteiger partial charge on any atom is -0.456 e. The fraction of sp³-hybridized carbons (Fsp3) is 0.429. The van der Waals surface area contributed by atoms with Crippen molar-refractivity contribution in [3.05, 3.63) is 130 Å². The molecular weight excluding hydrogens is 621 g/mol. The number of rotatable bonds is 24. The lowest BCUT2D eigenvalue weighted by Crippen LogP contribution is -1.99. The highest BCUT2D eigenvalue weighted by atomic mass is 16.5. The van der Waals surface area contributed by atoms with Crippen molar-refractivity contribution in [1.29, 1.82) is 0 Å². The van der Waals surface area contributed by atoms with E-state index in [2.05, 4.69) is 137 Å². The topological polar surface area (TPSA) is 18.5 Å². The van der Waals surface area contributed by atoms with Crippen LogP contribution >= 0.6 is 0 Å². The molecule has 0 radical (unpaired) electrons. The molecule has 0 aliphatic rings. The number of allylic oxidation sites excluding steroid dienone is 2. The molecule has 0 spiro atoms. The molecule has 0 N–H and O–H groups in total. The normalized spacial score (nSPS) is 11.5. The molecule has 0 bridgehead atoms. The van der Waals surface area contributed by atoms with Crippen molar-refractivity contribution in [3.63, 3.8) is 0 Å². The summed E-state index contributed by atoms with van der Waals surface area (Å²) in [7, 11) is 0. The third kappa shape index (κ3) is 13.9. The van der Waals surface area contributed by atoms with Gasteiger partial charge in [-0.25, -0.2) is 0 Å². The van der Waals surface area contributed by atoms with E-state index in [1.807, 2.05) is 0 Å². The predicted octanol–water partition coefficient (Wildman–Crippen LogP) is 15.5. The second-order valence-electron chi connectivity index (χ2n) is 14.1. The molecule has 0 saturated heterocycles. The van der Waals surface area contributed by atoms with Crippen molar-refractivity contribution in [2.24, 2.45) is 0 Å². The van der Waals surface area contributed by atoms with Crippen molar-refractivity contribution in [2.75, 3.05) is 0 Å². The molecule has 0 atom stereocenters. The molecule has 0 unspecified atom stereocenters. The van der Waals surface area contributed by atoms with Gasteiger partial charge in [0.2, 0.25) is 0 Å². The largest absolute Gasteiger partial charge is 0.456 e. The van der Waals surface area contributed by atoms with Crippen LogP contribution in [0.1, 0.15) is 151 Å². The molecule has 0 aliphatic heterocycles. The number of aryl methyl sites for hydroxylation is 2. The average Bonchev–Trinajstić information content (AvgIpc) is 3.14. The van der Waals surface area contributed by atoms with Crippen molar-refractivity contribution in [1.82, 2.24) is 0 Å². The van der Waals surface area contributed by atoms with Crippen molar-refractivity contribution in [2.45, 2.75) is 137 Å². The minimum absolute atomic E-state index is 0.888. The van der Waals surface area contributed by atoms with Gasteiger partial charge in [-0.2, -0.15) is 0 Å². The zero-order valence-electron chi connectivity index (χ0n) is 32.2. The van der Waals surface area contributed by atoms with E-state index in [9.17, 15) is 0 Å². The van der Waals surface area contributed by atoms with Crippen LogP contribution in [0.15, 0.2) is 97.1 Å². The standard InChI is InChI=1S/C49H64O2/c1-5-9-11-13-15-17-19-29-44-38-40(33-35-48(44)50-46-31-23-21-27-42(46)25-7-3)37-41-34-36-49(51-47-32-24-22-28-43(47)26-8-4)45(39-41)30-20-18-16-14-12-10-6-2/h7-8,21-28,31-36,38-39H,5-6,9-20,29-30,37H2,1-4H3. The van der Waals surface area contributed by atoms with Crippen LogP contribution in [0.3, 0.4) is 0 Å². The third-order valence-corrected chi connectivity index (χ3v) is 9.73. The first-order chi connectivity index (χ1) is 25.1. The Morgan fingerprint density at radius 1 is 0.431 bits per heavy atom.